The number of carbonyl (C=O) groups is 2. The zero-order chi connectivity index (χ0) is 29.3. The Kier molecular flexibility index (Phi) is 8.85. The van der Waals surface area contributed by atoms with Crippen LogP contribution in [0.2, 0.25) is 0 Å². The van der Waals surface area contributed by atoms with Gasteiger partial charge >= 0.3 is 12.2 Å². The number of aromatic nitrogens is 1. The van der Waals surface area contributed by atoms with Crippen LogP contribution in [0.3, 0.4) is 0 Å². The smallest absolute Gasteiger partial charge is 0.430 e. The summed E-state index contributed by atoms with van der Waals surface area (Å²) in [7, 11) is -4.71. The fourth-order valence-electron chi connectivity index (χ4n) is 4.29. The van der Waals surface area contributed by atoms with Gasteiger partial charge in [0.2, 0.25) is 0 Å². The number of anilines is 2. The molecule has 10 nitrogen and oxygen atoms in total. The van der Waals surface area contributed by atoms with Crippen LogP contribution in [0.4, 0.5) is 25.5 Å². The molecule has 0 spiro atoms. The SMILES string of the molecule is CCN(c1cc(F)c(S(=O)(=O)N(C(=O)OC(C)(C)C)c2cscn2)cc1C)[C@H]1CCN(C(=O)OC(C)(C)C)C1. The Balaban J connectivity index is 1.94. The number of likely N-dealkylation sites (N-methyl/N-ethyl adjacent to an activating group) is 1. The number of benzene rings is 1. The van der Waals surface area contributed by atoms with Crippen LogP contribution >= 0.6 is 11.3 Å². The van der Waals surface area contributed by atoms with Gasteiger partial charge in [-0.05, 0) is 79.5 Å². The number of hydrogen-bond acceptors (Lipinski definition) is 9. The van der Waals surface area contributed by atoms with Crippen LogP contribution in [-0.4, -0.2) is 67.4 Å². The van der Waals surface area contributed by atoms with E-state index >= 15 is 4.39 Å². The Hall–Kier alpha value is -2.93. The van der Waals surface area contributed by atoms with Gasteiger partial charge in [0, 0.05) is 36.7 Å². The molecule has 2 aromatic rings. The molecule has 0 bridgehead atoms. The second-order valence-electron chi connectivity index (χ2n) is 11.3. The highest BCUT2D eigenvalue weighted by Crippen LogP contribution is 2.33. The zero-order valence-electron chi connectivity index (χ0n) is 23.6. The number of carbonyl (C=O) groups excluding carboxylic acids is 2. The van der Waals surface area contributed by atoms with Crippen molar-refractivity contribution in [1.29, 1.82) is 0 Å². The molecule has 39 heavy (non-hydrogen) atoms. The van der Waals surface area contributed by atoms with E-state index in [4.69, 9.17) is 9.47 Å². The van der Waals surface area contributed by atoms with E-state index in [0.717, 1.165) is 17.4 Å². The normalized spacial score (nSPS) is 16.2. The molecule has 1 aliphatic rings. The van der Waals surface area contributed by atoms with Crippen LogP contribution in [0.15, 0.2) is 27.9 Å². The predicted molar refractivity (Wildman–Crippen MR) is 148 cm³/mol. The van der Waals surface area contributed by atoms with Gasteiger partial charge in [-0.2, -0.15) is 0 Å². The summed E-state index contributed by atoms with van der Waals surface area (Å²) >= 11 is 1.09. The first-order valence-electron chi connectivity index (χ1n) is 12.7. The molecular formula is C26H37FN4O6S2. The monoisotopic (exact) mass is 584 g/mol. The predicted octanol–water partition coefficient (Wildman–Crippen LogP) is 5.56. The lowest BCUT2D eigenvalue weighted by Gasteiger charge is -2.32. The van der Waals surface area contributed by atoms with Crippen molar-refractivity contribution < 1.29 is 31.9 Å². The molecule has 1 saturated heterocycles. The first-order valence-corrected chi connectivity index (χ1v) is 15.0. The first-order chi connectivity index (χ1) is 17.9. The minimum absolute atomic E-state index is 0.114. The van der Waals surface area contributed by atoms with Gasteiger partial charge in [-0.15, -0.1) is 15.6 Å². The van der Waals surface area contributed by atoms with Crippen LogP contribution in [0.25, 0.3) is 0 Å². The quantitative estimate of drug-likeness (QED) is 0.434. The largest absolute Gasteiger partial charge is 0.444 e. The Morgan fingerprint density at radius 2 is 1.79 bits per heavy atom. The first kappa shape index (κ1) is 30.6. The number of aryl methyl sites for hydroxylation is 1. The molecule has 216 valence electrons. The third-order valence-electron chi connectivity index (χ3n) is 5.86. The van der Waals surface area contributed by atoms with Crippen molar-refractivity contribution in [3.8, 4) is 0 Å². The van der Waals surface area contributed by atoms with Crippen molar-refractivity contribution in [1.82, 2.24) is 9.88 Å². The van der Waals surface area contributed by atoms with Crippen molar-refractivity contribution in [2.24, 2.45) is 0 Å². The van der Waals surface area contributed by atoms with Crippen molar-refractivity contribution in [3.63, 3.8) is 0 Å². The average molecular weight is 585 g/mol. The van der Waals surface area contributed by atoms with E-state index in [-0.39, 0.29) is 11.9 Å². The average Bonchev–Trinajstić information content (AvgIpc) is 3.46. The molecule has 3 rings (SSSR count). The minimum atomic E-state index is -4.71. The lowest BCUT2D eigenvalue weighted by Crippen LogP contribution is -2.42. The molecule has 1 aromatic carbocycles. The Morgan fingerprint density at radius 1 is 1.15 bits per heavy atom. The number of hydrogen-bond donors (Lipinski definition) is 0. The van der Waals surface area contributed by atoms with E-state index in [9.17, 15) is 18.0 Å². The second kappa shape index (κ2) is 11.3. The molecular weight excluding hydrogens is 547 g/mol. The maximum atomic E-state index is 15.6. The molecule has 0 unspecified atom stereocenters. The van der Waals surface area contributed by atoms with Crippen molar-refractivity contribution in [3.05, 3.63) is 34.4 Å². The minimum Gasteiger partial charge on any atom is -0.444 e. The van der Waals surface area contributed by atoms with Gasteiger partial charge in [0.25, 0.3) is 10.0 Å². The molecule has 0 radical (unpaired) electrons. The molecule has 2 heterocycles. The van der Waals surface area contributed by atoms with E-state index in [1.165, 1.54) is 17.0 Å². The van der Waals surface area contributed by atoms with Crippen molar-refractivity contribution in [2.45, 2.75) is 84.0 Å². The van der Waals surface area contributed by atoms with Crippen LogP contribution in [0, 0.1) is 12.7 Å². The van der Waals surface area contributed by atoms with Crippen molar-refractivity contribution >= 4 is 45.1 Å². The Morgan fingerprint density at radius 3 is 2.33 bits per heavy atom. The Bertz CT molecular complexity index is 1300. The fraction of sp³-hybridized carbons (Fsp3) is 0.577. The lowest BCUT2D eigenvalue weighted by molar-refractivity contribution is 0.0292. The van der Waals surface area contributed by atoms with E-state index in [2.05, 4.69) is 4.98 Å². The highest BCUT2D eigenvalue weighted by molar-refractivity contribution is 7.93. The van der Waals surface area contributed by atoms with Crippen LogP contribution < -0.4 is 9.21 Å². The summed E-state index contributed by atoms with van der Waals surface area (Å²) in [5.41, 5.74) is 0.757. The summed E-state index contributed by atoms with van der Waals surface area (Å²) in [6, 6.07) is 2.26. The van der Waals surface area contributed by atoms with Crippen LogP contribution in [0.5, 0.6) is 0 Å². The molecule has 0 saturated carbocycles. The molecule has 0 N–H and O–H groups in total. The van der Waals surface area contributed by atoms with Gasteiger partial charge < -0.3 is 19.3 Å². The highest BCUT2D eigenvalue weighted by Gasteiger charge is 2.39. The summed E-state index contributed by atoms with van der Waals surface area (Å²) < 4.78 is 54.1. The second-order valence-corrected chi connectivity index (χ2v) is 13.8. The highest BCUT2D eigenvalue weighted by atomic mass is 32.2. The molecule has 1 aromatic heterocycles. The summed E-state index contributed by atoms with van der Waals surface area (Å²) in [6.45, 7) is 15.2. The molecule has 1 aliphatic heterocycles. The van der Waals surface area contributed by atoms with Gasteiger partial charge in [-0.3, -0.25) is 0 Å². The maximum absolute atomic E-state index is 15.6. The number of likely N-dealkylation sites (tertiary alicyclic amines) is 1. The molecule has 2 amide bonds. The number of sulfonamides is 1. The number of halogens is 1. The van der Waals surface area contributed by atoms with Crippen LogP contribution in [-0.2, 0) is 19.5 Å². The summed E-state index contributed by atoms with van der Waals surface area (Å²) in [6.07, 6.45) is -0.947. The van der Waals surface area contributed by atoms with Gasteiger partial charge in [0.1, 0.15) is 21.9 Å². The standard InChI is InChI=1S/C26H37FN4O6S2/c1-9-30(18-10-11-29(14-18)23(32)36-25(3,4)5)20-13-19(27)21(12-17(20)2)39(34,35)31(22-15-38-16-28-22)24(33)37-26(6,7)8/h12-13,15-16,18H,9-11,14H2,1-8H3/t18-/m0/s1. The summed E-state index contributed by atoms with van der Waals surface area (Å²) in [5.74, 6) is -1.20. The van der Waals surface area contributed by atoms with Gasteiger partial charge in [-0.1, -0.05) is 0 Å². The lowest BCUT2D eigenvalue weighted by atomic mass is 10.1. The molecule has 1 fully saturated rings. The Labute approximate surface area is 233 Å². The molecule has 1 atom stereocenters. The van der Waals surface area contributed by atoms with E-state index < -0.39 is 44.1 Å². The van der Waals surface area contributed by atoms with Gasteiger partial charge in [0.15, 0.2) is 5.82 Å². The van der Waals surface area contributed by atoms with E-state index in [1.807, 2.05) is 11.8 Å². The number of rotatable bonds is 6. The number of ether oxygens (including phenoxy) is 2. The summed E-state index contributed by atoms with van der Waals surface area (Å²) in [5, 5.41) is 1.37. The third kappa shape index (κ3) is 7.18. The maximum Gasteiger partial charge on any atom is 0.430 e. The zero-order valence-corrected chi connectivity index (χ0v) is 25.3. The van der Waals surface area contributed by atoms with Crippen molar-refractivity contribution in [2.75, 3.05) is 28.8 Å². The number of amides is 2. The van der Waals surface area contributed by atoms with Gasteiger partial charge in [-0.25, -0.2) is 27.4 Å². The van der Waals surface area contributed by atoms with Gasteiger partial charge in [0.05, 0.1) is 5.51 Å². The third-order valence-corrected chi connectivity index (χ3v) is 8.12. The van der Waals surface area contributed by atoms with Crippen LogP contribution in [0.1, 0.15) is 60.5 Å². The van der Waals surface area contributed by atoms with E-state index in [1.54, 1.807) is 53.4 Å². The summed E-state index contributed by atoms with van der Waals surface area (Å²) in [4.78, 5) is 32.4. The molecule has 0 aliphatic carbocycles. The fourth-order valence-corrected chi connectivity index (χ4v) is 6.28. The number of nitrogens with zero attached hydrogens (tertiary/aromatic N) is 4. The molecule has 13 heteroatoms. The van der Waals surface area contributed by atoms with E-state index in [0.29, 0.717) is 41.6 Å². The topological polar surface area (TPSA) is 109 Å². The number of thiazole rings is 1.